The Morgan fingerprint density at radius 3 is 2.33 bits per heavy atom. The summed E-state index contributed by atoms with van der Waals surface area (Å²) in [6.45, 7) is -0.217. The van der Waals surface area contributed by atoms with Crippen LogP contribution in [-0.4, -0.2) is 47.3 Å². The monoisotopic (exact) mass is 832 g/mol. The second kappa shape index (κ2) is 11.4. The van der Waals surface area contributed by atoms with Gasteiger partial charge in [0, 0.05) is 9.13 Å². The van der Waals surface area contributed by atoms with Crippen LogP contribution < -0.4 is 4.74 Å². The molecular formula is C27H24F2I2O10S. The summed E-state index contributed by atoms with van der Waals surface area (Å²) in [6, 6.07) is 9.49. The van der Waals surface area contributed by atoms with Crippen LogP contribution in [0.3, 0.4) is 0 Å². The molecule has 15 heteroatoms. The van der Waals surface area contributed by atoms with Crippen LogP contribution in [0.2, 0.25) is 0 Å². The van der Waals surface area contributed by atoms with E-state index >= 15 is 0 Å². The highest BCUT2D eigenvalue weighted by Crippen LogP contribution is 2.61. The van der Waals surface area contributed by atoms with Gasteiger partial charge in [0.05, 0.1) is 8.99 Å². The van der Waals surface area contributed by atoms with Crippen molar-refractivity contribution >= 4 is 73.2 Å². The van der Waals surface area contributed by atoms with Gasteiger partial charge in [0.1, 0.15) is 29.8 Å². The van der Waals surface area contributed by atoms with Gasteiger partial charge in [-0.15, -0.1) is 0 Å². The topological polar surface area (TPSA) is 154 Å². The Hall–Kier alpha value is -2.12. The van der Waals surface area contributed by atoms with Gasteiger partial charge in [0.25, 0.3) is 0 Å². The maximum atomic E-state index is 13.9. The second-order valence-corrected chi connectivity index (χ2v) is 14.8. The first-order valence-corrected chi connectivity index (χ1v) is 16.4. The zero-order chi connectivity index (χ0) is 30.6. The Bertz CT molecular complexity index is 1550. The van der Waals surface area contributed by atoms with Crippen molar-refractivity contribution in [2.45, 2.75) is 50.1 Å². The molecule has 226 valence electrons. The summed E-state index contributed by atoms with van der Waals surface area (Å²) in [6.07, 6.45) is 0.738. The van der Waals surface area contributed by atoms with Gasteiger partial charge in [-0.3, -0.25) is 9.35 Å². The summed E-state index contributed by atoms with van der Waals surface area (Å²) >= 11 is 4.05. The van der Waals surface area contributed by atoms with Crippen LogP contribution in [0.25, 0.3) is 0 Å². The van der Waals surface area contributed by atoms with Crippen molar-refractivity contribution in [3.8, 4) is 11.5 Å². The molecule has 4 aliphatic rings. The van der Waals surface area contributed by atoms with Crippen molar-refractivity contribution in [2.75, 3.05) is 0 Å². The van der Waals surface area contributed by atoms with Crippen molar-refractivity contribution in [3.05, 3.63) is 54.7 Å². The maximum absolute atomic E-state index is 13.9. The number of benzene rings is 2. The molecule has 0 radical (unpaired) electrons. The smallest absolute Gasteiger partial charge is 0.465 e. The van der Waals surface area contributed by atoms with Crippen LogP contribution in [0.4, 0.5) is 8.78 Å². The number of rotatable bonds is 8. The van der Waals surface area contributed by atoms with E-state index in [2.05, 4.69) is 22.6 Å². The number of carbonyl (C=O) groups excluding carboxylic acids is 3. The third kappa shape index (κ3) is 5.85. The van der Waals surface area contributed by atoms with Crippen LogP contribution in [0.5, 0.6) is 11.5 Å². The minimum Gasteiger partial charge on any atom is -0.506 e. The van der Waals surface area contributed by atoms with Gasteiger partial charge in [0.2, 0.25) is 0 Å². The number of hydrogen-bond acceptors (Lipinski definition) is 9. The SMILES string of the molecule is O=C(OCc1cc(I)cc(I)c1O)c1ccccc1OC(=O)C12CC3CC(C1)C(OC(=O)C(F)(F)S(=O)(=O)O)C(C3)C2. The van der Waals surface area contributed by atoms with Gasteiger partial charge < -0.3 is 19.3 Å². The number of hydrogen-bond donors (Lipinski definition) is 2. The predicted octanol–water partition coefficient (Wildman–Crippen LogP) is 5.08. The molecule has 42 heavy (non-hydrogen) atoms. The summed E-state index contributed by atoms with van der Waals surface area (Å²) < 4.78 is 76.0. The van der Waals surface area contributed by atoms with E-state index in [1.807, 2.05) is 22.6 Å². The van der Waals surface area contributed by atoms with Gasteiger partial charge in [-0.2, -0.15) is 17.2 Å². The Kier molecular flexibility index (Phi) is 8.52. The molecule has 2 aromatic carbocycles. The molecule has 6 rings (SSSR count). The van der Waals surface area contributed by atoms with Crippen molar-refractivity contribution in [2.24, 2.45) is 23.2 Å². The lowest BCUT2D eigenvalue weighted by atomic mass is 9.48. The van der Waals surface area contributed by atoms with Crippen LogP contribution in [0.15, 0.2) is 36.4 Å². The molecule has 2 unspecified atom stereocenters. The van der Waals surface area contributed by atoms with Gasteiger partial charge >= 0.3 is 33.3 Å². The third-order valence-electron chi connectivity index (χ3n) is 8.20. The van der Waals surface area contributed by atoms with Crippen molar-refractivity contribution < 1.29 is 55.5 Å². The van der Waals surface area contributed by atoms with E-state index in [1.165, 1.54) is 12.1 Å². The average molecular weight is 832 g/mol. The maximum Gasteiger partial charge on any atom is 0.465 e. The molecule has 4 fully saturated rings. The molecule has 4 aliphatic carbocycles. The summed E-state index contributed by atoms with van der Waals surface area (Å²) in [5.41, 5.74) is -0.604. The lowest BCUT2D eigenvalue weighted by Crippen LogP contribution is -2.58. The first-order valence-electron chi connectivity index (χ1n) is 12.8. The number of esters is 3. The van der Waals surface area contributed by atoms with Crippen LogP contribution >= 0.6 is 45.2 Å². The zero-order valence-corrected chi connectivity index (χ0v) is 26.7. The van der Waals surface area contributed by atoms with Gasteiger partial charge in [0.15, 0.2) is 0 Å². The Morgan fingerprint density at radius 2 is 1.69 bits per heavy atom. The minimum atomic E-state index is -6.01. The molecule has 0 saturated heterocycles. The van der Waals surface area contributed by atoms with Crippen molar-refractivity contribution in [1.82, 2.24) is 0 Å². The number of carbonyl (C=O) groups is 3. The molecular weight excluding hydrogens is 808 g/mol. The van der Waals surface area contributed by atoms with E-state index in [0.29, 0.717) is 28.4 Å². The van der Waals surface area contributed by atoms with Crippen molar-refractivity contribution in [3.63, 3.8) is 0 Å². The summed E-state index contributed by atoms with van der Waals surface area (Å²) in [5, 5.41) is 5.19. The van der Waals surface area contributed by atoms with E-state index in [0.717, 1.165) is 3.57 Å². The standard InChI is InChI=1S/C27H24F2I2O10S/c28-27(29,42(36,37)38)25(35)41-22-14-5-13-6-15(22)11-26(9-13,10-14)24(34)40-20-4-2-1-3-18(20)23(33)39-12-16-7-17(30)8-19(31)21(16)32/h1-4,7-8,13-15,22,32H,5-6,9-12H2,(H,36,37,38). The number of alkyl halides is 2. The fourth-order valence-electron chi connectivity index (χ4n) is 6.60. The number of aromatic hydroxyl groups is 1. The van der Waals surface area contributed by atoms with Crippen LogP contribution in [-0.2, 0) is 35.8 Å². The Balaban J connectivity index is 1.29. The lowest BCUT2D eigenvalue weighted by Gasteiger charge is -2.57. The normalized spacial score (nSPS) is 26.5. The highest BCUT2D eigenvalue weighted by Gasteiger charge is 2.62. The summed E-state index contributed by atoms with van der Waals surface area (Å²) in [5.74, 6) is -4.71. The van der Waals surface area contributed by atoms with Crippen LogP contribution in [0, 0.1) is 30.3 Å². The quantitative estimate of drug-likeness (QED) is 0.159. The molecule has 10 nitrogen and oxygen atoms in total. The largest absolute Gasteiger partial charge is 0.506 e. The summed E-state index contributed by atoms with van der Waals surface area (Å²) in [4.78, 5) is 38.6. The highest BCUT2D eigenvalue weighted by molar-refractivity contribution is 14.1. The second-order valence-electron chi connectivity index (χ2n) is 11.0. The third-order valence-corrected chi connectivity index (χ3v) is 10.5. The number of halogens is 4. The molecule has 0 heterocycles. The average Bonchev–Trinajstić information content (AvgIpc) is 2.90. The minimum absolute atomic E-state index is 0.00367. The van der Waals surface area contributed by atoms with E-state index in [1.54, 1.807) is 24.3 Å². The first-order chi connectivity index (χ1) is 19.6. The molecule has 2 atom stereocenters. The van der Waals surface area contributed by atoms with E-state index in [9.17, 15) is 36.7 Å². The Morgan fingerprint density at radius 1 is 1.05 bits per heavy atom. The van der Waals surface area contributed by atoms with E-state index < -0.39 is 56.6 Å². The first kappa shape index (κ1) is 31.3. The molecule has 0 spiro atoms. The summed E-state index contributed by atoms with van der Waals surface area (Å²) in [7, 11) is -6.01. The van der Waals surface area contributed by atoms with E-state index in [4.69, 9.17) is 18.8 Å². The fraction of sp³-hybridized carbons (Fsp3) is 0.444. The van der Waals surface area contributed by atoms with Gasteiger partial charge in [-0.05, 0) is 119 Å². The number of para-hydroxylation sites is 1. The molecule has 0 amide bonds. The lowest BCUT2D eigenvalue weighted by molar-refractivity contribution is -0.200. The molecule has 2 aromatic rings. The van der Waals surface area contributed by atoms with Crippen LogP contribution in [0.1, 0.15) is 48.0 Å². The number of phenolic OH excluding ortho intramolecular Hbond substituents is 1. The molecule has 4 saturated carbocycles. The van der Waals surface area contributed by atoms with Gasteiger partial charge in [-0.1, -0.05) is 12.1 Å². The van der Waals surface area contributed by atoms with Gasteiger partial charge in [-0.25, -0.2) is 9.59 Å². The molecule has 2 N–H and O–H groups in total. The number of ether oxygens (including phenoxy) is 3. The highest BCUT2D eigenvalue weighted by atomic mass is 127. The molecule has 0 aliphatic heterocycles. The fourth-order valence-corrected chi connectivity index (χ4v) is 8.82. The zero-order valence-electron chi connectivity index (χ0n) is 21.6. The predicted molar refractivity (Wildman–Crippen MR) is 157 cm³/mol. The Labute approximate surface area is 266 Å². The molecule has 0 aromatic heterocycles. The van der Waals surface area contributed by atoms with E-state index in [-0.39, 0.29) is 42.4 Å². The number of phenols is 1. The van der Waals surface area contributed by atoms with Crippen molar-refractivity contribution in [1.29, 1.82) is 0 Å². The molecule has 4 bridgehead atoms.